The van der Waals surface area contributed by atoms with Crippen molar-refractivity contribution in [1.82, 2.24) is 9.55 Å². The highest BCUT2D eigenvalue weighted by atomic mass is 15.1. The standard InChI is InChI=1S/C11H13N3/c1-9-11(12)14(8-13-9)7-10-5-3-2-4-6-10/h2-6,8H,7,12H2,1H3. The molecule has 72 valence electrons. The molecule has 1 aromatic carbocycles. The number of hydrogen-bond acceptors (Lipinski definition) is 2. The third-order valence-electron chi connectivity index (χ3n) is 2.27. The van der Waals surface area contributed by atoms with Crippen LogP contribution < -0.4 is 5.73 Å². The molecular formula is C11H13N3. The average molecular weight is 187 g/mol. The normalized spacial score (nSPS) is 10.4. The predicted octanol–water partition coefficient (Wildman–Crippen LogP) is 1.82. The molecule has 3 heteroatoms. The molecule has 2 aromatic rings. The maximum absolute atomic E-state index is 5.85. The third-order valence-corrected chi connectivity index (χ3v) is 2.27. The van der Waals surface area contributed by atoms with Crippen LogP contribution in [-0.4, -0.2) is 9.55 Å². The second kappa shape index (κ2) is 3.54. The highest BCUT2D eigenvalue weighted by Crippen LogP contribution is 2.10. The van der Waals surface area contributed by atoms with Crippen LogP contribution in [0.3, 0.4) is 0 Å². The summed E-state index contributed by atoms with van der Waals surface area (Å²) >= 11 is 0. The Morgan fingerprint density at radius 1 is 1.29 bits per heavy atom. The second-order valence-electron chi connectivity index (χ2n) is 3.33. The Morgan fingerprint density at radius 3 is 2.57 bits per heavy atom. The van der Waals surface area contributed by atoms with Crippen LogP contribution in [0.2, 0.25) is 0 Å². The molecule has 0 aliphatic heterocycles. The summed E-state index contributed by atoms with van der Waals surface area (Å²) in [6.07, 6.45) is 1.78. The number of nitrogens with zero attached hydrogens (tertiary/aromatic N) is 2. The Kier molecular flexibility index (Phi) is 2.23. The van der Waals surface area contributed by atoms with Crippen LogP contribution in [0.5, 0.6) is 0 Å². The van der Waals surface area contributed by atoms with Crippen LogP contribution in [0.4, 0.5) is 5.82 Å². The third kappa shape index (κ3) is 1.62. The summed E-state index contributed by atoms with van der Waals surface area (Å²) in [6, 6.07) is 10.2. The molecule has 2 rings (SSSR count). The zero-order valence-electron chi connectivity index (χ0n) is 8.14. The molecule has 0 fully saturated rings. The summed E-state index contributed by atoms with van der Waals surface area (Å²) in [4.78, 5) is 4.15. The number of anilines is 1. The highest BCUT2D eigenvalue weighted by molar-refractivity contribution is 5.35. The number of hydrogen-bond donors (Lipinski definition) is 1. The molecule has 0 unspecified atom stereocenters. The maximum Gasteiger partial charge on any atom is 0.126 e. The molecule has 0 saturated heterocycles. The largest absolute Gasteiger partial charge is 0.384 e. The van der Waals surface area contributed by atoms with E-state index in [0.717, 1.165) is 18.1 Å². The van der Waals surface area contributed by atoms with Crippen LogP contribution in [0.1, 0.15) is 11.3 Å². The molecule has 1 aromatic heterocycles. The van der Waals surface area contributed by atoms with Crippen molar-refractivity contribution in [3.05, 3.63) is 47.9 Å². The van der Waals surface area contributed by atoms with Crippen LogP contribution in [0.15, 0.2) is 36.7 Å². The van der Waals surface area contributed by atoms with Crippen molar-refractivity contribution in [2.45, 2.75) is 13.5 Å². The minimum absolute atomic E-state index is 0.744. The van der Waals surface area contributed by atoms with Gasteiger partial charge in [0.15, 0.2) is 0 Å². The summed E-state index contributed by atoms with van der Waals surface area (Å²) in [6.45, 7) is 2.70. The first-order valence-corrected chi connectivity index (χ1v) is 4.58. The number of benzene rings is 1. The Hall–Kier alpha value is -1.77. The van der Waals surface area contributed by atoms with Gasteiger partial charge in [-0.15, -0.1) is 0 Å². The van der Waals surface area contributed by atoms with Gasteiger partial charge in [0.25, 0.3) is 0 Å². The number of imidazole rings is 1. The van der Waals surface area contributed by atoms with Gasteiger partial charge in [0.2, 0.25) is 0 Å². The van der Waals surface area contributed by atoms with E-state index < -0.39 is 0 Å². The molecule has 3 nitrogen and oxygen atoms in total. The van der Waals surface area contributed by atoms with Gasteiger partial charge in [-0.05, 0) is 12.5 Å². The van der Waals surface area contributed by atoms with Crippen molar-refractivity contribution in [2.24, 2.45) is 0 Å². The molecule has 0 atom stereocenters. The molecule has 1 heterocycles. The highest BCUT2D eigenvalue weighted by Gasteiger charge is 2.02. The zero-order chi connectivity index (χ0) is 9.97. The SMILES string of the molecule is Cc1ncn(Cc2ccccc2)c1N. The van der Waals surface area contributed by atoms with Crippen molar-refractivity contribution in [1.29, 1.82) is 0 Å². The minimum Gasteiger partial charge on any atom is -0.384 e. The maximum atomic E-state index is 5.85. The van der Waals surface area contributed by atoms with E-state index in [1.807, 2.05) is 29.7 Å². The van der Waals surface area contributed by atoms with Crippen molar-refractivity contribution in [3.8, 4) is 0 Å². The van der Waals surface area contributed by atoms with Gasteiger partial charge < -0.3 is 10.3 Å². The van der Waals surface area contributed by atoms with Gasteiger partial charge in [0, 0.05) is 0 Å². The van der Waals surface area contributed by atoms with Gasteiger partial charge in [-0.1, -0.05) is 30.3 Å². The Balaban J connectivity index is 2.23. The monoisotopic (exact) mass is 187 g/mol. The zero-order valence-corrected chi connectivity index (χ0v) is 8.14. The molecule has 0 amide bonds. The topological polar surface area (TPSA) is 43.8 Å². The lowest BCUT2D eigenvalue weighted by Gasteiger charge is -2.04. The number of nitrogens with two attached hydrogens (primary N) is 1. The van der Waals surface area contributed by atoms with E-state index in [1.165, 1.54) is 5.56 Å². The number of rotatable bonds is 2. The Morgan fingerprint density at radius 2 is 2.00 bits per heavy atom. The van der Waals surface area contributed by atoms with Gasteiger partial charge in [-0.25, -0.2) is 4.98 Å². The molecule has 2 N–H and O–H groups in total. The summed E-state index contributed by atoms with van der Waals surface area (Å²) in [7, 11) is 0. The Bertz CT molecular complexity index is 417. The van der Waals surface area contributed by atoms with Crippen molar-refractivity contribution >= 4 is 5.82 Å². The summed E-state index contributed by atoms with van der Waals surface area (Å²) in [5.74, 6) is 0.744. The molecule has 14 heavy (non-hydrogen) atoms. The molecule has 0 aliphatic rings. The molecule has 0 spiro atoms. The van der Waals surface area contributed by atoms with Crippen molar-refractivity contribution < 1.29 is 0 Å². The van der Waals surface area contributed by atoms with Crippen LogP contribution >= 0.6 is 0 Å². The van der Waals surface area contributed by atoms with Crippen molar-refractivity contribution in [3.63, 3.8) is 0 Å². The molecule has 0 bridgehead atoms. The number of aryl methyl sites for hydroxylation is 1. The summed E-state index contributed by atoms with van der Waals surface area (Å²) in [5.41, 5.74) is 7.97. The number of nitrogen functional groups attached to an aromatic ring is 1. The van der Waals surface area contributed by atoms with Crippen LogP contribution in [-0.2, 0) is 6.54 Å². The van der Waals surface area contributed by atoms with E-state index >= 15 is 0 Å². The second-order valence-corrected chi connectivity index (χ2v) is 3.33. The van der Waals surface area contributed by atoms with E-state index in [0.29, 0.717) is 0 Å². The molecule has 0 radical (unpaired) electrons. The quantitative estimate of drug-likeness (QED) is 0.779. The van der Waals surface area contributed by atoms with E-state index in [4.69, 9.17) is 5.73 Å². The van der Waals surface area contributed by atoms with Crippen LogP contribution in [0.25, 0.3) is 0 Å². The first-order valence-electron chi connectivity index (χ1n) is 4.58. The van der Waals surface area contributed by atoms with Crippen LogP contribution in [0, 0.1) is 6.92 Å². The molecular weight excluding hydrogens is 174 g/mol. The van der Waals surface area contributed by atoms with Gasteiger partial charge >= 0.3 is 0 Å². The Labute approximate surface area is 83.2 Å². The predicted molar refractivity (Wildman–Crippen MR) is 56.9 cm³/mol. The van der Waals surface area contributed by atoms with Gasteiger partial charge in [0.1, 0.15) is 5.82 Å². The summed E-state index contributed by atoms with van der Waals surface area (Å²) < 4.78 is 1.95. The fraction of sp³-hybridized carbons (Fsp3) is 0.182. The minimum atomic E-state index is 0.744. The fourth-order valence-electron chi connectivity index (χ4n) is 1.40. The lowest BCUT2D eigenvalue weighted by atomic mass is 10.2. The smallest absolute Gasteiger partial charge is 0.126 e. The van der Waals surface area contributed by atoms with E-state index in [2.05, 4.69) is 17.1 Å². The van der Waals surface area contributed by atoms with E-state index in [9.17, 15) is 0 Å². The van der Waals surface area contributed by atoms with Gasteiger partial charge in [0.05, 0.1) is 18.6 Å². The fourth-order valence-corrected chi connectivity index (χ4v) is 1.40. The average Bonchev–Trinajstić information content (AvgIpc) is 2.52. The first kappa shape index (κ1) is 8.81. The molecule has 0 saturated carbocycles. The van der Waals surface area contributed by atoms with Gasteiger partial charge in [-0.2, -0.15) is 0 Å². The lowest BCUT2D eigenvalue weighted by molar-refractivity contribution is 0.807. The first-order chi connectivity index (χ1) is 6.77. The lowest BCUT2D eigenvalue weighted by Crippen LogP contribution is -2.03. The number of aromatic nitrogens is 2. The van der Waals surface area contributed by atoms with E-state index in [-0.39, 0.29) is 0 Å². The van der Waals surface area contributed by atoms with Crippen molar-refractivity contribution in [2.75, 3.05) is 5.73 Å². The molecule has 0 aliphatic carbocycles. The summed E-state index contributed by atoms with van der Waals surface area (Å²) in [5, 5.41) is 0. The van der Waals surface area contributed by atoms with Gasteiger partial charge in [-0.3, -0.25) is 0 Å². The van der Waals surface area contributed by atoms with E-state index in [1.54, 1.807) is 6.33 Å².